The zero-order valence-electron chi connectivity index (χ0n) is 16.5. The molecule has 4 nitrogen and oxygen atoms in total. The average Bonchev–Trinajstić information content (AvgIpc) is 3.28. The lowest BCUT2D eigenvalue weighted by molar-refractivity contribution is -0.161. The van der Waals surface area contributed by atoms with Crippen molar-refractivity contribution in [2.45, 2.75) is 82.8 Å². The van der Waals surface area contributed by atoms with Crippen LogP contribution in [0.4, 0.5) is 0 Å². The van der Waals surface area contributed by atoms with E-state index in [0.717, 1.165) is 45.1 Å². The van der Waals surface area contributed by atoms with Gasteiger partial charge in [-0.25, -0.2) is 0 Å². The Morgan fingerprint density at radius 3 is 2.70 bits per heavy atom. The number of esters is 1. The fourth-order valence-corrected chi connectivity index (χ4v) is 8.47. The van der Waals surface area contributed by atoms with Crippen LogP contribution in [0, 0.1) is 28.6 Å². The second kappa shape index (κ2) is 4.87. The number of carbonyl (C=O) groups excluding carboxylic acids is 2. The van der Waals surface area contributed by atoms with E-state index in [1.807, 2.05) is 0 Å². The van der Waals surface area contributed by atoms with E-state index >= 15 is 0 Å². The van der Waals surface area contributed by atoms with Crippen LogP contribution in [0.5, 0.6) is 0 Å². The zero-order valence-corrected chi connectivity index (χ0v) is 16.5. The van der Waals surface area contributed by atoms with Crippen LogP contribution in [-0.2, 0) is 19.1 Å². The Hall–Kier alpha value is -1.16. The SMILES string of the molecule is C[C@]12CC=C3[C@@H]([C@@H]4CO[C@@]5(CC(=O)CC[C@]35C)C4)[C@@H]1CC[C@@]21CCC(=O)O1. The maximum Gasteiger partial charge on any atom is 0.306 e. The van der Waals surface area contributed by atoms with Crippen LogP contribution in [0.3, 0.4) is 0 Å². The van der Waals surface area contributed by atoms with E-state index in [2.05, 4.69) is 19.9 Å². The molecule has 0 amide bonds. The van der Waals surface area contributed by atoms with Gasteiger partial charge in [-0.3, -0.25) is 9.59 Å². The molecular weight excluding hydrogens is 340 g/mol. The first-order valence-electron chi connectivity index (χ1n) is 10.9. The van der Waals surface area contributed by atoms with E-state index in [4.69, 9.17) is 9.47 Å². The summed E-state index contributed by atoms with van der Waals surface area (Å²) in [5.41, 5.74) is 1.15. The molecule has 2 spiro atoms. The minimum atomic E-state index is -0.251. The van der Waals surface area contributed by atoms with Gasteiger partial charge in [0.15, 0.2) is 0 Å². The van der Waals surface area contributed by atoms with Crippen molar-refractivity contribution in [1.82, 2.24) is 0 Å². The van der Waals surface area contributed by atoms with Gasteiger partial charge in [0, 0.05) is 30.1 Å². The molecule has 0 radical (unpaired) electrons. The van der Waals surface area contributed by atoms with Gasteiger partial charge in [0.2, 0.25) is 0 Å². The van der Waals surface area contributed by atoms with Gasteiger partial charge in [-0.1, -0.05) is 25.5 Å². The predicted molar refractivity (Wildman–Crippen MR) is 98.8 cm³/mol. The summed E-state index contributed by atoms with van der Waals surface area (Å²) in [7, 11) is 0. The molecule has 146 valence electrons. The van der Waals surface area contributed by atoms with Gasteiger partial charge in [-0.05, 0) is 56.3 Å². The molecule has 7 atom stereocenters. The van der Waals surface area contributed by atoms with Gasteiger partial charge in [-0.15, -0.1) is 0 Å². The number of allylic oxidation sites excluding steroid dienone is 1. The lowest BCUT2D eigenvalue weighted by Crippen LogP contribution is -2.59. The fraction of sp³-hybridized carbons (Fsp3) is 0.826. The summed E-state index contributed by atoms with van der Waals surface area (Å²) in [5.74, 6) is 2.01. The Kier molecular flexibility index (Phi) is 3.02. The predicted octanol–water partition coefficient (Wildman–Crippen LogP) is 3.97. The first-order chi connectivity index (χ1) is 12.8. The molecule has 6 aliphatic rings. The largest absolute Gasteiger partial charge is 0.458 e. The molecule has 2 aliphatic heterocycles. The summed E-state index contributed by atoms with van der Waals surface area (Å²) in [6.07, 6.45) is 10.4. The molecule has 2 heterocycles. The van der Waals surface area contributed by atoms with E-state index in [9.17, 15) is 9.59 Å². The minimum Gasteiger partial charge on any atom is -0.458 e. The molecule has 2 saturated heterocycles. The van der Waals surface area contributed by atoms with Gasteiger partial charge in [0.05, 0.1) is 12.2 Å². The molecule has 5 fully saturated rings. The van der Waals surface area contributed by atoms with Crippen molar-refractivity contribution in [3.05, 3.63) is 11.6 Å². The molecule has 0 unspecified atom stereocenters. The number of carbonyl (C=O) groups is 2. The molecule has 0 aromatic heterocycles. The molecule has 4 aliphatic carbocycles. The topological polar surface area (TPSA) is 52.6 Å². The standard InChI is InChI=1S/C23H30O4/c1-20-8-4-16-19(17(20)5-9-22(20)10-6-18(25)27-22)14-11-23(26-13-14)12-15(24)3-7-21(16,23)2/h4,14,17,19H,3,5-13H2,1-2H3/t14-,17-,19+,20-,21+,22+,23+/m0/s1. The third-order valence-electron chi connectivity index (χ3n) is 10.0. The minimum absolute atomic E-state index is 0.00200. The Labute approximate surface area is 161 Å². The number of fused-ring (bicyclic) bond motifs is 7. The van der Waals surface area contributed by atoms with Crippen molar-refractivity contribution in [3.63, 3.8) is 0 Å². The monoisotopic (exact) mass is 370 g/mol. The van der Waals surface area contributed by atoms with E-state index in [-0.39, 0.29) is 28.0 Å². The van der Waals surface area contributed by atoms with Crippen LogP contribution < -0.4 is 0 Å². The van der Waals surface area contributed by atoms with E-state index < -0.39 is 0 Å². The Bertz CT molecular complexity index is 785. The van der Waals surface area contributed by atoms with Crippen LogP contribution in [-0.4, -0.2) is 29.6 Å². The smallest absolute Gasteiger partial charge is 0.306 e. The van der Waals surface area contributed by atoms with Crippen molar-refractivity contribution in [2.24, 2.45) is 28.6 Å². The second-order valence-electron chi connectivity index (χ2n) is 10.7. The molecule has 3 saturated carbocycles. The van der Waals surface area contributed by atoms with Gasteiger partial charge < -0.3 is 9.47 Å². The lowest BCUT2D eigenvalue weighted by Gasteiger charge is -2.59. The molecule has 27 heavy (non-hydrogen) atoms. The second-order valence-corrected chi connectivity index (χ2v) is 10.7. The maximum atomic E-state index is 12.3. The molecular formula is C23H30O4. The van der Waals surface area contributed by atoms with Crippen molar-refractivity contribution in [2.75, 3.05) is 6.61 Å². The number of Topliss-reactive ketones (excluding diaryl/α,β-unsaturated/α-hetero) is 1. The number of ketones is 1. The van der Waals surface area contributed by atoms with Crippen LogP contribution >= 0.6 is 0 Å². The van der Waals surface area contributed by atoms with Gasteiger partial charge in [0.25, 0.3) is 0 Å². The number of ether oxygens (including phenoxy) is 2. The van der Waals surface area contributed by atoms with Crippen molar-refractivity contribution >= 4 is 11.8 Å². The third-order valence-corrected chi connectivity index (χ3v) is 10.0. The lowest BCUT2D eigenvalue weighted by atomic mass is 9.45. The first kappa shape index (κ1) is 16.8. The van der Waals surface area contributed by atoms with Gasteiger partial charge in [0.1, 0.15) is 11.4 Å². The molecule has 0 N–H and O–H groups in total. The van der Waals surface area contributed by atoms with E-state index in [1.165, 1.54) is 0 Å². The summed E-state index contributed by atoms with van der Waals surface area (Å²) in [5, 5.41) is 0. The molecule has 0 aromatic rings. The highest BCUT2D eigenvalue weighted by Gasteiger charge is 2.71. The highest BCUT2D eigenvalue weighted by Crippen LogP contribution is 2.72. The molecule has 4 heteroatoms. The number of hydrogen-bond donors (Lipinski definition) is 0. The number of rotatable bonds is 0. The number of hydrogen-bond acceptors (Lipinski definition) is 4. The quantitative estimate of drug-likeness (QED) is 0.478. The van der Waals surface area contributed by atoms with Crippen LogP contribution in [0.25, 0.3) is 0 Å². The van der Waals surface area contributed by atoms with Crippen molar-refractivity contribution in [3.8, 4) is 0 Å². The van der Waals surface area contributed by atoms with E-state index in [1.54, 1.807) is 5.57 Å². The van der Waals surface area contributed by atoms with Crippen molar-refractivity contribution < 1.29 is 19.1 Å². The fourth-order valence-electron chi connectivity index (χ4n) is 8.47. The van der Waals surface area contributed by atoms with Crippen molar-refractivity contribution in [1.29, 1.82) is 0 Å². The Morgan fingerprint density at radius 1 is 1.07 bits per heavy atom. The maximum absolute atomic E-state index is 12.3. The summed E-state index contributed by atoms with van der Waals surface area (Å²) in [6.45, 7) is 5.56. The van der Waals surface area contributed by atoms with Crippen LogP contribution in [0.15, 0.2) is 11.6 Å². The highest BCUT2D eigenvalue weighted by molar-refractivity contribution is 5.81. The van der Waals surface area contributed by atoms with Crippen LogP contribution in [0.2, 0.25) is 0 Å². The van der Waals surface area contributed by atoms with E-state index in [0.29, 0.717) is 42.8 Å². The first-order valence-corrected chi connectivity index (χ1v) is 10.9. The normalized spacial score (nSPS) is 55.8. The van der Waals surface area contributed by atoms with Gasteiger partial charge in [-0.2, -0.15) is 0 Å². The summed E-state index contributed by atoms with van der Waals surface area (Å²) in [6, 6.07) is 0. The third kappa shape index (κ3) is 1.76. The Morgan fingerprint density at radius 2 is 1.93 bits per heavy atom. The average molecular weight is 370 g/mol. The Balaban J connectivity index is 1.46. The summed E-state index contributed by atoms with van der Waals surface area (Å²) >= 11 is 0. The van der Waals surface area contributed by atoms with Gasteiger partial charge >= 0.3 is 5.97 Å². The highest BCUT2D eigenvalue weighted by atomic mass is 16.6. The molecule has 6 rings (SSSR count). The van der Waals surface area contributed by atoms with Crippen LogP contribution in [0.1, 0.15) is 71.6 Å². The zero-order chi connectivity index (χ0) is 18.7. The summed E-state index contributed by atoms with van der Waals surface area (Å²) < 4.78 is 12.5. The molecule has 2 bridgehead atoms. The summed E-state index contributed by atoms with van der Waals surface area (Å²) in [4.78, 5) is 24.3. The molecule has 0 aromatic carbocycles.